The van der Waals surface area contributed by atoms with Crippen LogP contribution in [0.5, 0.6) is 5.75 Å². The minimum absolute atomic E-state index is 0.155. The molecule has 0 saturated carbocycles. The number of ether oxygens (including phenoxy) is 1. The van der Waals surface area contributed by atoms with Crippen LogP contribution in [0.15, 0.2) is 48.5 Å². The van der Waals surface area contributed by atoms with Gasteiger partial charge in [-0.25, -0.2) is 0 Å². The van der Waals surface area contributed by atoms with Crippen molar-refractivity contribution in [2.75, 3.05) is 22.1 Å². The van der Waals surface area contributed by atoms with E-state index < -0.39 is 6.10 Å². The first kappa shape index (κ1) is 17.5. The summed E-state index contributed by atoms with van der Waals surface area (Å²) in [6.07, 6.45) is -0.696. The van der Waals surface area contributed by atoms with Crippen LogP contribution >= 0.6 is 0 Å². The molecule has 0 saturated heterocycles. The summed E-state index contributed by atoms with van der Waals surface area (Å²) in [5.74, 6) is -0.385. The lowest BCUT2D eigenvalue weighted by Crippen LogP contribution is -2.47. The lowest BCUT2D eigenvalue weighted by Gasteiger charge is -2.32. The van der Waals surface area contributed by atoms with Crippen molar-refractivity contribution in [1.29, 1.82) is 0 Å². The minimum Gasteiger partial charge on any atom is -0.479 e. The first-order valence-corrected chi connectivity index (χ1v) is 8.18. The van der Waals surface area contributed by atoms with Crippen LogP contribution in [0, 0.1) is 0 Å². The zero-order chi connectivity index (χ0) is 18.7. The van der Waals surface area contributed by atoms with Crippen molar-refractivity contribution in [2.45, 2.75) is 20.0 Å². The van der Waals surface area contributed by atoms with E-state index in [9.17, 15) is 14.4 Å². The van der Waals surface area contributed by atoms with E-state index in [1.54, 1.807) is 37.3 Å². The van der Waals surface area contributed by atoms with E-state index >= 15 is 0 Å². The predicted molar refractivity (Wildman–Crippen MR) is 98.3 cm³/mol. The van der Waals surface area contributed by atoms with E-state index in [0.717, 1.165) is 0 Å². The number of benzene rings is 2. The third kappa shape index (κ3) is 3.83. The summed E-state index contributed by atoms with van der Waals surface area (Å²) in [6.45, 7) is 2.88. The predicted octanol–water partition coefficient (Wildman–Crippen LogP) is 2.40. The molecule has 26 heavy (non-hydrogen) atoms. The van der Waals surface area contributed by atoms with Crippen LogP contribution in [0.4, 0.5) is 17.1 Å². The maximum Gasteiger partial charge on any atom is 0.268 e. The molecule has 1 aliphatic rings. The van der Waals surface area contributed by atoms with E-state index in [0.29, 0.717) is 22.8 Å². The number of para-hydroxylation sites is 1. The van der Waals surface area contributed by atoms with Crippen LogP contribution in [-0.4, -0.2) is 30.4 Å². The Hall–Kier alpha value is -3.35. The normalized spacial score (nSPS) is 15.7. The van der Waals surface area contributed by atoms with Crippen molar-refractivity contribution in [3.05, 3.63) is 48.5 Å². The van der Waals surface area contributed by atoms with Gasteiger partial charge in [0.25, 0.3) is 5.91 Å². The average Bonchev–Trinajstić information content (AvgIpc) is 2.60. The van der Waals surface area contributed by atoms with Gasteiger partial charge >= 0.3 is 0 Å². The maximum absolute atomic E-state index is 12.5. The summed E-state index contributed by atoms with van der Waals surface area (Å²) in [6, 6.07) is 14.0. The van der Waals surface area contributed by atoms with Crippen molar-refractivity contribution in [3.8, 4) is 5.75 Å². The van der Waals surface area contributed by atoms with E-state index in [2.05, 4.69) is 10.6 Å². The fourth-order valence-corrected chi connectivity index (χ4v) is 2.72. The van der Waals surface area contributed by atoms with Crippen LogP contribution in [0.2, 0.25) is 0 Å². The highest BCUT2D eigenvalue weighted by Gasteiger charge is 2.33. The molecule has 3 amide bonds. The van der Waals surface area contributed by atoms with Crippen LogP contribution in [0.1, 0.15) is 13.8 Å². The Bertz CT molecular complexity index is 851. The molecule has 2 aromatic rings. The highest BCUT2D eigenvalue weighted by molar-refractivity contribution is 6.06. The summed E-state index contributed by atoms with van der Waals surface area (Å²) >= 11 is 0. The minimum atomic E-state index is -0.696. The third-order valence-corrected chi connectivity index (χ3v) is 3.85. The summed E-state index contributed by atoms with van der Waals surface area (Å²) in [4.78, 5) is 37.6. The van der Waals surface area contributed by atoms with Gasteiger partial charge in [0.15, 0.2) is 6.10 Å². The monoisotopic (exact) mass is 353 g/mol. The Morgan fingerprint density at radius 3 is 2.50 bits per heavy atom. The first-order chi connectivity index (χ1) is 12.4. The fourth-order valence-electron chi connectivity index (χ4n) is 2.72. The second kappa shape index (κ2) is 7.26. The van der Waals surface area contributed by atoms with Gasteiger partial charge in [-0.15, -0.1) is 0 Å². The zero-order valence-electron chi connectivity index (χ0n) is 14.5. The number of hydrogen-bond acceptors (Lipinski definition) is 4. The summed E-state index contributed by atoms with van der Waals surface area (Å²) in [5.41, 5.74) is 1.62. The molecule has 134 valence electrons. The lowest BCUT2D eigenvalue weighted by molar-refractivity contribution is -0.127. The topological polar surface area (TPSA) is 87.7 Å². The molecule has 0 spiro atoms. The van der Waals surface area contributed by atoms with Crippen LogP contribution < -0.4 is 20.3 Å². The molecule has 7 nitrogen and oxygen atoms in total. The molecule has 3 rings (SSSR count). The lowest BCUT2D eigenvalue weighted by atomic mass is 10.1. The maximum atomic E-state index is 12.5. The fraction of sp³-hybridized carbons (Fsp3) is 0.211. The standard InChI is InChI=1S/C19H19N3O4/c1-12-19(25)22(11-18(24)21-14-6-4-3-5-7-14)16-10-15(20-13(2)23)8-9-17(16)26-12/h3-10,12H,11H2,1-2H3,(H,20,23)(H,21,24). The van der Waals surface area contributed by atoms with E-state index in [1.807, 2.05) is 18.2 Å². The van der Waals surface area contributed by atoms with E-state index in [-0.39, 0.29) is 24.3 Å². The van der Waals surface area contributed by atoms with Gasteiger partial charge < -0.3 is 15.4 Å². The van der Waals surface area contributed by atoms with Gasteiger partial charge in [0.05, 0.1) is 5.69 Å². The largest absolute Gasteiger partial charge is 0.479 e. The highest BCUT2D eigenvalue weighted by Crippen LogP contribution is 2.36. The molecule has 2 N–H and O–H groups in total. The molecule has 0 aliphatic carbocycles. The van der Waals surface area contributed by atoms with Crippen LogP contribution in [0.25, 0.3) is 0 Å². The number of carbonyl (C=O) groups is 3. The van der Waals surface area contributed by atoms with E-state index in [1.165, 1.54) is 11.8 Å². The van der Waals surface area contributed by atoms with Gasteiger partial charge in [-0.3, -0.25) is 19.3 Å². The van der Waals surface area contributed by atoms with Gasteiger partial charge in [-0.2, -0.15) is 0 Å². The second-order valence-corrected chi connectivity index (χ2v) is 5.96. The highest BCUT2D eigenvalue weighted by atomic mass is 16.5. The molecule has 0 bridgehead atoms. The summed E-state index contributed by atoms with van der Waals surface area (Å²) in [5, 5.41) is 5.42. The van der Waals surface area contributed by atoms with Gasteiger partial charge in [-0.1, -0.05) is 18.2 Å². The Morgan fingerprint density at radius 1 is 1.08 bits per heavy atom. The van der Waals surface area contributed by atoms with Crippen molar-refractivity contribution in [1.82, 2.24) is 0 Å². The van der Waals surface area contributed by atoms with Crippen molar-refractivity contribution in [2.24, 2.45) is 0 Å². The molecule has 0 fully saturated rings. The molecule has 2 aromatic carbocycles. The molecular formula is C19H19N3O4. The Kier molecular flexibility index (Phi) is 4.88. The smallest absolute Gasteiger partial charge is 0.268 e. The van der Waals surface area contributed by atoms with E-state index in [4.69, 9.17) is 4.74 Å². The summed E-state index contributed by atoms with van der Waals surface area (Å²) < 4.78 is 5.60. The van der Waals surface area contributed by atoms with Crippen LogP contribution in [0.3, 0.4) is 0 Å². The molecule has 0 radical (unpaired) electrons. The zero-order valence-corrected chi connectivity index (χ0v) is 14.5. The number of carbonyl (C=O) groups excluding carboxylic acids is 3. The van der Waals surface area contributed by atoms with Gasteiger partial charge in [0.2, 0.25) is 11.8 Å². The molecule has 1 unspecified atom stereocenters. The Labute approximate surface area is 150 Å². The molecule has 1 heterocycles. The number of fused-ring (bicyclic) bond motifs is 1. The Balaban J connectivity index is 1.84. The number of nitrogens with one attached hydrogen (secondary N) is 2. The SMILES string of the molecule is CC(=O)Nc1ccc2c(c1)N(CC(=O)Nc1ccccc1)C(=O)C(C)O2. The molecule has 7 heteroatoms. The van der Waals surface area contributed by atoms with Crippen molar-refractivity contribution >= 4 is 34.8 Å². The first-order valence-electron chi connectivity index (χ1n) is 8.18. The van der Waals surface area contributed by atoms with Gasteiger partial charge in [0, 0.05) is 18.3 Å². The molecular weight excluding hydrogens is 334 g/mol. The number of anilines is 3. The molecule has 1 atom stereocenters. The van der Waals surface area contributed by atoms with Crippen LogP contribution in [-0.2, 0) is 14.4 Å². The van der Waals surface area contributed by atoms with Gasteiger partial charge in [0.1, 0.15) is 12.3 Å². The number of rotatable bonds is 4. The quantitative estimate of drug-likeness (QED) is 0.883. The number of hydrogen-bond donors (Lipinski definition) is 2. The Morgan fingerprint density at radius 2 is 1.81 bits per heavy atom. The van der Waals surface area contributed by atoms with Crippen molar-refractivity contribution in [3.63, 3.8) is 0 Å². The van der Waals surface area contributed by atoms with Crippen molar-refractivity contribution < 1.29 is 19.1 Å². The number of amides is 3. The molecule has 1 aliphatic heterocycles. The number of nitrogens with zero attached hydrogens (tertiary/aromatic N) is 1. The molecule has 0 aromatic heterocycles. The average molecular weight is 353 g/mol. The summed E-state index contributed by atoms with van der Waals surface area (Å²) in [7, 11) is 0. The third-order valence-electron chi connectivity index (χ3n) is 3.85. The second-order valence-electron chi connectivity index (χ2n) is 5.96. The van der Waals surface area contributed by atoms with Gasteiger partial charge in [-0.05, 0) is 37.3 Å².